The molecule has 0 heterocycles. The van der Waals surface area contributed by atoms with E-state index in [4.69, 9.17) is 5.73 Å². The van der Waals surface area contributed by atoms with E-state index in [0.717, 1.165) is 41.7 Å². The van der Waals surface area contributed by atoms with Gasteiger partial charge in [-0.3, -0.25) is 4.79 Å². The van der Waals surface area contributed by atoms with Gasteiger partial charge < -0.3 is 11.1 Å². The van der Waals surface area contributed by atoms with Crippen molar-refractivity contribution in [2.45, 2.75) is 58.7 Å². The molecule has 0 amide bonds. The Morgan fingerprint density at radius 1 is 1.14 bits per heavy atom. The predicted molar refractivity (Wildman–Crippen MR) is 110 cm³/mol. The first kappa shape index (κ1) is 21.2. The largest absolute Gasteiger partial charge is 0.416 e. The number of fused-ring (bicyclic) bond motifs is 1. The smallest absolute Gasteiger partial charge is 0.398 e. The summed E-state index contributed by atoms with van der Waals surface area (Å²) in [4.78, 5) is 12.3. The summed E-state index contributed by atoms with van der Waals surface area (Å²) in [5, 5.41) is 3.30. The fraction of sp³-hybridized carbons (Fsp3) is 0.435. The highest BCUT2D eigenvalue weighted by Crippen LogP contribution is 2.37. The molecule has 0 fully saturated rings. The third-order valence-corrected chi connectivity index (χ3v) is 5.15. The van der Waals surface area contributed by atoms with Crippen LogP contribution in [0.4, 0.5) is 24.5 Å². The van der Waals surface area contributed by atoms with Crippen molar-refractivity contribution >= 4 is 17.2 Å². The third-order valence-electron chi connectivity index (χ3n) is 5.15. The minimum Gasteiger partial charge on any atom is -0.398 e. The van der Waals surface area contributed by atoms with Crippen LogP contribution in [-0.2, 0) is 23.8 Å². The second-order valence-electron chi connectivity index (χ2n) is 9.01. The van der Waals surface area contributed by atoms with Crippen molar-refractivity contribution in [2.75, 3.05) is 11.1 Å². The van der Waals surface area contributed by atoms with E-state index >= 15 is 0 Å². The maximum atomic E-state index is 12.7. The number of hydrogen-bond donors (Lipinski definition) is 2. The van der Waals surface area contributed by atoms with Gasteiger partial charge in [0.05, 0.1) is 11.6 Å². The number of anilines is 2. The van der Waals surface area contributed by atoms with Crippen molar-refractivity contribution in [1.82, 2.24) is 0 Å². The standard InChI is InChI=1S/C23H27F3N2O/c1-22(2,3)13-18(29)11-15-10-14-4-9-21(19(14)12-20(15)27)28-17-7-5-16(6-8-17)23(24,25)26/h5-8,10,12,21,28H,4,9,11,13,27H2,1-3H3. The summed E-state index contributed by atoms with van der Waals surface area (Å²) < 4.78 is 38.2. The predicted octanol–water partition coefficient (Wildman–Crippen LogP) is 5.93. The molecule has 6 heteroatoms. The number of nitrogen functional groups attached to an aromatic ring is 1. The van der Waals surface area contributed by atoms with Crippen LogP contribution in [-0.4, -0.2) is 5.78 Å². The van der Waals surface area contributed by atoms with E-state index in [-0.39, 0.29) is 17.2 Å². The fourth-order valence-corrected chi connectivity index (χ4v) is 3.85. The number of carbonyl (C=O) groups is 1. The lowest BCUT2D eigenvalue weighted by atomic mass is 9.87. The van der Waals surface area contributed by atoms with E-state index in [1.165, 1.54) is 12.1 Å². The SMILES string of the molecule is CC(C)(C)CC(=O)Cc1cc2c(cc1N)C(Nc1ccc(C(F)(F)F)cc1)CC2. The number of benzene rings is 2. The van der Waals surface area contributed by atoms with Crippen molar-refractivity contribution in [3.05, 3.63) is 58.7 Å². The van der Waals surface area contributed by atoms with Gasteiger partial charge in [-0.2, -0.15) is 13.2 Å². The normalized spacial score (nSPS) is 16.6. The highest BCUT2D eigenvalue weighted by atomic mass is 19.4. The number of hydrogen-bond acceptors (Lipinski definition) is 3. The summed E-state index contributed by atoms with van der Waals surface area (Å²) in [7, 11) is 0. The van der Waals surface area contributed by atoms with Gasteiger partial charge in [-0.05, 0) is 65.3 Å². The van der Waals surface area contributed by atoms with E-state index in [1.54, 1.807) is 0 Å². The van der Waals surface area contributed by atoms with E-state index < -0.39 is 11.7 Å². The highest BCUT2D eigenvalue weighted by Gasteiger charge is 2.30. The average molecular weight is 404 g/mol. The number of nitrogens with one attached hydrogen (secondary N) is 1. The molecule has 0 aromatic heterocycles. The molecule has 0 radical (unpaired) electrons. The monoisotopic (exact) mass is 404 g/mol. The van der Waals surface area contributed by atoms with E-state index in [9.17, 15) is 18.0 Å². The zero-order valence-electron chi connectivity index (χ0n) is 17.0. The summed E-state index contributed by atoms with van der Waals surface area (Å²) in [5.74, 6) is 0.168. The first-order valence-electron chi connectivity index (χ1n) is 9.79. The van der Waals surface area contributed by atoms with Crippen LogP contribution in [0.1, 0.15) is 61.9 Å². The molecule has 3 N–H and O–H groups in total. The Hall–Kier alpha value is -2.50. The van der Waals surface area contributed by atoms with Gasteiger partial charge >= 0.3 is 6.18 Å². The number of nitrogens with two attached hydrogens (primary N) is 1. The van der Waals surface area contributed by atoms with Crippen LogP contribution in [0.5, 0.6) is 0 Å². The first-order chi connectivity index (χ1) is 13.4. The van der Waals surface area contributed by atoms with Gasteiger partial charge in [0.25, 0.3) is 0 Å². The summed E-state index contributed by atoms with van der Waals surface area (Å²) in [6.07, 6.45) is -1.84. The third kappa shape index (κ3) is 5.31. The molecule has 1 aliphatic rings. The molecule has 1 aliphatic carbocycles. The maximum absolute atomic E-state index is 12.7. The molecule has 0 saturated heterocycles. The molecular formula is C23H27F3N2O. The zero-order valence-corrected chi connectivity index (χ0v) is 17.0. The molecule has 0 bridgehead atoms. The van der Waals surface area contributed by atoms with Gasteiger partial charge in [-0.15, -0.1) is 0 Å². The first-order valence-corrected chi connectivity index (χ1v) is 9.79. The number of ketones is 1. The summed E-state index contributed by atoms with van der Waals surface area (Å²) in [6, 6.07) is 8.97. The van der Waals surface area contributed by atoms with E-state index in [2.05, 4.69) is 5.32 Å². The Kier molecular flexibility index (Phi) is 5.65. The van der Waals surface area contributed by atoms with Gasteiger partial charge in [0, 0.05) is 24.2 Å². The quantitative estimate of drug-likeness (QED) is 0.607. The van der Waals surface area contributed by atoms with Gasteiger partial charge in [0.1, 0.15) is 5.78 Å². The minimum absolute atomic E-state index is 0.0108. The van der Waals surface area contributed by atoms with Crippen molar-refractivity contribution in [3.8, 4) is 0 Å². The van der Waals surface area contributed by atoms with Crippen LogP contribution in [0.2, 0.25) is 0 Å². The van der Waals surface area contributed by atoms with Gasteiger partial charge in [0.2, 0.25) is 0 Å². The lowest BCUT2D eigenvalue weighted by molar-refractivity contribution is -0.137. The second-order valence-corrected chi connectivity index (χ2v) is 9.01. The van der Waals surface area contributed by atoms with Gasteiger partial charge in [0.15, 0.2) is 0 Å². The Bertz CT molecular complexity index is 896. The molecular weight excluding hydrogens is 377 g/mol. The number of alkyl halides is 3. The minimum atomic E-state index is -4.34. The number of halogens is 3. The molecule has 156 valence electrons. The van der Waals surface area contributed by atoms with Crippen LogP contribution in [0.15, 0.2) is 36.4 Å². The number of Topliss-reactive ketones (excluding diaryl/α,β-unsaturated/α-hetero) is 1. The van der Waals surface area contributed by atoms with Crippen molar-refractivity contribution in [1.29, 1.82) is 0 Å². The molecule has 0 spiro atoms. The second kappa shape index (κ2) is 7.73. The Morgan fingerprint density at radius 2 is 1.79 bits per heavy atom. The zero-order chi connectivity index (χ0) is 21.4. The van der Waals surface area contributed by atoms with E-state index in [1.807, 2.05) is 32.9 Å². The average Bonchev–Trinajstić information content (AvgIpc) is 2.95. The molecule has 0 aliphatic heterocycles. The van der Waals surface area contributed by atoms with Crippen LogP contribution < -0.4 is 11.1 Å². The van der Waals surface area contributed by atoms with Gasteiger partial charge in [-0.1, -0.05) is 26.8 Å². The molecule has 0 saturated carbocycles. The molecule has 1 unspecified atom stereocenters. The summed E-state index contributed by atoms with van der Waals surface area (Å²) in [6.45, 7) is 6.11. The molecule has 2 aromatic carbocycles. The Labute approximate surface area is 169 Å². The summed E-state index contributed by atoms with van der Waals surface area (Å²) in [5.41, 5.74) is 9.78. The fourth-order valence-electron chi connectivity index (χ4n) is 3.85. The van der Waals surface area contributed by atoms with Crippen molar-refractivity contribution in [3.63, 3.8) is 0 Å². The molecule has 29 heavy (non-hydrogen) atoms. The van der Waals surface area contributed by atoms with Crippen molar-refractivity contribution < 1.29 is 18.0 Å². The maximum Gasteiger partial charge on any atom is 0.416 e. The van der Waals surface area contributed by atoms with E-state index in [0.29, 0.717) is 24.2 Å². The van der Waals surface area contributed by atoms with Crippen LogP contribution >= 0.6 is 0 Å². The highest BCUT2D eigenvalue weighted by molar-refractivity contribution is 5.83. The van der Waals surface area contributed by atoms with Crippen molar-refractivity contribution in [2.24, 2.45) is 5.41 Å². The number of aryl methyl sites for hydroxylation is 1. The van der Waals surface area contributed by atoms with Crippen LogP contribution in [0.25, 0.3) is 0 Å². The molecule has 2 aromatic rings. The lowest BCUT2D eigenvalue weighted by Gasteiger charge is -2.19. The Balaban J connectivity index is 1.73. The topological polar surface area (TPSA) is 55.1 Å². The van der Waals surface area contributed by atoms with Crippen LogP contribution in [0, 0.1) is 5.41 Å². The van der Waals surface area contributed by atoms with Crippen LogP contribution in [0.3, 0.4) is 0 Å². The summed E-state index contributed by atoms with van der Waals surface area (Å²) >= 11 is 0. The molecule has 1 atom stereocenters. The van der Waals surface area contributed by atoms with Gasteiger partial charge in [-0.25, -0.2) is 0 Å². The Morgan fingerprint density at radius 3 is 2.38 bits per heavy atom. The number of carbonyl (C=O) groups excluding carboxylic acids is 1. The molecule has 3 nitrogen and oxygen atoms in total. The lowest BCUT2D eigenvalue weighted by Crippen LogP contribution is -2.15. The number of rotatable bonds is 5. The molecule has 3 rings (SSSR count).